The van der Waals surface area contributed by atoms with E-state index < -0.39 is 9.84 Å². The number of anilines is 1. The van der Waals surface area contributed by atoms with Crippen molar-refractivity contribution in [3.05, 3.63) is 97.1 Å². The third-order valence-electron chi connectivity index (χ3n) is 5.79. The lowest BCUT2D eigenvalue weighted by atomic mass is 9.96. The molecule has 0 radical (unpaired) electrons. The molecular weight excluding hydrogens is 458 g/mol. The Kier molecular flexibility index (Phi) is 5.96. The van der Waals surface area contributed by atoms with Crippen molar-refractivity contribution >= 4 is 26.4 Å². The van der Waals surface area contributed by atoms with Gasteiger partial charge in [0.15, 0.2) is 15.7 Å². The van der Waals surface area contributed by atoms with Crippen molar-refractivity contribution in [1.82, 2.24) is 20.2 Å². The Morgan fingerprint density at radius 3 is 2.40 bits per heavy atom. The standard InChI is InChI=1S/C27H23N5O2S/c1-18(24-13-6-7-14-29-24)30-27-25-22(19-9-4-3-5-10-19)11-8-12-23(25)26(31-32-27)20-15-21(17-28-16-20)35(2,33)34/h3-18H,1-2H3,(H,30,32). The lowest BCUT2D eigenvalue weighted by molar-refractivity contribution is 0.601. The van der Waals surface area contributed by atoms with Gasteiger partial charge < -0.3 is 5.32 Å². The number of fused-ring (bicyclic) bond motifs is 1. The van der Waals surface area contributed by atoms with Crippen LogP contribution >= 0.6 is 0 Å². The molecule has 3 aromatic heterocycles. The number of benzene rings is 2. The SMILES string of the molecule is CC(Nc1nnc(-c2cncc(S(C)(=O)=O)c2)c2cccc(-c3ccccc3)c12)c1ccccn1. The second-order valence-corrected chi connectivity index (χ2v) is 10.3. The summed E-state index contributed by atoms with van der Waals surface area (Å²) in [5.41, 5.74) is 4.05. The van der Waals surface area contributed by atoms with Gasteiger partial charge in [0.2, 0.25) is 0 Å². The smallest absolute Gasteiger partial charge is 0.177 e. The average molecular weight is 482 g/mol. The molecular formula is C27H23N5O2S. The second-order valence-electron chi connectivity index (χ2n) is 8.29. The molecule has 0 saturated heterocycles. The highest BCUT2D eigenvalue weighted by molar-refractivity contribution is 7.90. The maximum Gasteiger partial charge on any atom is 0.177 e. The van der Waals surface area contributed by atoms with Crippen LogP contribution in [-0.4, -0.2) is 34.8 Å². The first-order valence-electron chi connectivity index (χ1n) is 11.1. The molecule has 0 aliphatic carbocycles. The Hall–Kier alpha value is -4.17. The average Bonchev–Trinajstić information content (AvgIpc) is 2.89. The van der Waals surface area contributed by atoms with Crippen molar-refractivity contribution in [2.45, 2.75) is 17.9 Å². The topological polar surface area (TPSA) is 97.7 Å². The van der Waals surface area contributed by atoms with Crippen LogP contribution in [0.5, 0.6) is 0 Å². The fraction of sp³-hybridized carbons (Fsp3) is 0.111. The number of nitrogens with one attached hydrogen (secondary N) is 1. The maximum absolute atomic E-state index is 12.1. The molecule has 7 nitrogen and oxygen atoms in total. The zero-order valence-corrected chi connectivity index (χ0v) is 20.1. The largest absolute Gasteiger partial charge is 0.360 e. The molecule has 174 valence electrons. The molecule has 0 bridgehead atoms. The first kappa shape index (κ1) is 22.6. The van der Waals surface area contributed by atoms with E-state index in [1.54, 1.807) is 18.5 Å². The van der Waals surface area contributed by atoms with Crippen molar-refractivity contribution in [3.63, 3.8) is 0 Å². The van der Waals surface area contributed by atoms with Crippen molar-refractivity contribution < 1.29 is 8.42 Å². The second kappa shape index (κ2) is 9.23. The van der Waals surface area contributed by atoms with Crippen molar-refractivity contribution in [3.8, 4) is 22.4 Å². The van der Waals surface area contributed by atoms with Crippen LogP contribution in [0.15, 0.2) is 96.3 Å². The molecule has 0 amide bonds. The molecule has 0 aliphatic rings. The van der Waals surface area contributed by atoms with Crippen LogP contribution in [-0.2, 0) is 9.84 Å². The van der Waals surface area contributed by atoms with Crippen LogP contribution in [0, 0.1) is 0 Å². The Balaban J connectivity index is 1.73. The normalized spacial score (nSPS) is 12.4. The van der Waals surface area contributed by atoms with Crippen molar-refractivity contribution in [2.75, 3.05) is 11.6 Å². The number of hydrogen-bond donors (Lipinski definition) is 1. The number of nitrogens with zero attached hydrogens (tertiary/aromatic N) is 4. The van der Waals surface area contributed by atoms with E-state index in [4.69, 9.17) is 0 Å². The van der Waals surface area contributed by atoms with Gasteiger partial charge in [-0.3, -0.25) is 9.97 Å². The third kappa shape index (κ3) is 4.61. The highest BCUT2D eigenvalue weighted by atomic mass is 32.2. The first-order chi connectivity index (χ1) is 16.9. The van der Waals surface area contributed by atoms with Gasteiger partial charge in [0.25, 0.3) is 0 Å². The fourth-order valence-corrected chi connectivity index (χ4v) is 4.64. The van der Waals surface area contributed by atoms with E-state index in [1.165, 1.54) is 6.20 Å². The van der Waals surface area contributed by atoms with Gasteiger partial charge >= 0.3 is 0 Å². The lowest BCUT2D eigenvalue weighted by Gasteiger charge is -2.18. The first-order valence-corrected chi connectivity index (χ1v) is 13.0. The van der Waals surface area contributed by atoms with Crippen LogP contribution in [0.4, 0.5) is 5.82 Å². The summed E-state index contributed by atoms with van der Waals surface area (Å²) in [6, 6.07) is 23.3. The zero-order valence-electron chi connectivity index (χ0n) is 19.3. The third-order valence-corrected chi connectivity index (χ3v) is 6.87. The van der Waals surface area contributed by atoms with Gasteiger partial charge in [-0.25, -0.2) is 8.42 Å². The Labute approximate surface area is 203 Å². The van der Waals surface area contributed by atoms with Gasteiger partial charge in [-0.05, 0) is 36.2 Å². The predicted molar refractivity (Wildman–Crippen MR) is 138 cm³/mol. The molecule has 0 saturated carbocycles. The molecule has 8 heteroatoms. The van der Waals surface area contributed by atoms with Crippen molar-refractivity contribution in [2.24, 2.45) is 0 Å². The summed E-state index contributed by atoms with van der Waals surface area (Å²) < 4.78 is 24.3. The summed E-state index contributed by atoms with van der Waals surface area (Å²) in [6.07, 6.45) is 5.87. The molecule has 0 spiro atoms. The van der Waals surface area contributed by atoms with E-state index >= 15 is 0 Å². The lowest BCUT2D eigenvalue weighted by Crippen LogP contribution is -2.11. The van der Waals surface area contributed by atoms with Crippen LogP contribution in [0.25, 0.3) is 33.2 Å². The van der Waals surface area contributed by atoms with Gasteiger partial charge in [-0.15, -0.1) is 10.2 Å². The molecule has 1 N–H and O–H groups in total. The van der Waals surface area contributed by atoms with E-state index in [0.717, 1.165) is 33.8 Å². The van der Waals surface area contributed by atoms with Crippen LogP contribution in [0.1, 0.15) is 18.7 Å². The Morgan fingerprint density at radius 2 is 1.66 bits per heavy atom. The summed E-state index contributed by atoms with van der Waals surface area (Å²) in [6.45, 7) is 2.02. The van der Waals surface area contributed by atoms with Crippen LogP contribution < -0.4 is 5.32 Å². The van der Waals surface area contributed by atoms with Gasteiger partial charge in [-0.2, -0.15) is 0 Å². The zero-order chi connectivity index (χ0) is 24.4. The molecule has 0 fully saturated rings. The van der Waals surface area contributed by atoms with Crippen molar-refractivity contribution in [1.29, 1.82) is 0 Å². The van der Waals surface area contributed by atoms with Crippen LogP contribution in [0.3, 0.4) is 0 Å². The minimum Gasteiger partial charge on any atom is -0.360 e. The Bertz CT molecular complexity index is 1610. The minimum atomic E-state index is -3.42. The quantitative estimate of drug-likeness (QED) is 0.350. The number of pyridine rings is 2. The highest BCUT2D eigenvalue weighted by Gasteiger charge is 2.19. The maximum atomic E-state index is 12.1. The monoisotopic (exact) mass is 481 g/mol. The fourth-order valence-electron chi connectivity index (χ4n) is 4.04. The summed E-state index contributed by atoms with van der Waals surface area (Å²) in [5.74, 6) is 0.619. The van der Waals surface area contributed by atoms with E-state index in [1.807, 2.05) is 73.7 Å². The molecule has 5 rings (SSSR count). The van der Waals surface area contributed by atoms with Crippen LogP contribution in [0.2, 0.25) is 0 Å². The summed E-state index contributed by atoms with van der Waals surface area (Å²) in [7, 11) is -3.42. The van der Waals surface area contributed by atoms with E-state index in [-0.39, 0.29) is 10.9 Å². The molecule has 35 heavy (non-hydrogen) atoms. The number of aromatic nitrogens is 4. The summed E-state index contributed by atoms with van der Waals surface area (Å²) in [5, 5.41) is 14.3. The predicted octanol–water partition coefficient (Wildman–Crippen LogP) is 5.33. The van der Waals surface area contributed by atoms with E-state index in [2.05, 4.69) is 25.5 Å². The Morgan fingerprint density at radius 1 is 0.857 bits per heavy atom. The molecule has 0 aliphatic heterocycles. The van der Waals surface area contributed by atoms with Gasteiger partial charge in [0.05, 0.1) is 16.6 Å². The van der Waals surface area contributed by atoms with E-state index in [9.17, 15) is 8.42 Å². The van der Waals surface area contributed by atoms with Gasteiger partial charge in [-0.1, -0.05) is 54.6 Å². The van der Waals surface area contributed by atoms with Gasteiger partial charge in [0, 0.05) is 41.2 Å². The van der Waals surface area contributed by atoms with E-state index in [0.29, 0.717) is 17.1 Å². The summed E-state index contributed by atoms with van der Waals surface area (Å²) in [4.78, 5) is 8.75. The van der Waals surface area contributed by atoms with Gasteiger partial charge in [0.1, 0.15) is 5.69 Å². The molecule has 3 heterocycles. The minimum absolute atomic E-state index is 0.112. The number of hydrogen-bond acceptors (Lipinski definition) is 7. The molecule has 1 unspecified atom stereocenters. The highest BCUT2D eigenvalue weighted by Crippen LogP contribution is 2.38. The number of sulfone groups is 1. The molecule has 1 atom stereocenters. The summed E-state index contributed by atoms with van der Waals surface area (Å²) >= 11 is 0. The molecule has 5 aromatic rings. The molecule has 2 aromatic carbocycles. The number of rotatable bonds is 6.